The third-order valence-electron chi connectivity index (χ3n) is 3.10. The van der Waals surface area contributed by atoms with Crippen LogP contribution in [0.3, 0.4) is 0 Å². The van der Waals surface area contributed by atoms with Crippen LogP contribution >= 0.6 is 15.9 Å². The molecule has 2 rings (SSSR count). The van der Waals surface area contributed by atoms with Gasteiger partial charge in [0.15, 0.2) is 0 Å². The lowest BCUT2D eigenvalue weighted by atomic mass is 10.0. The van der Waals surface area contributed by atoms with Gasteiger partial charge in [0.1, 0.15) is 12.1 Å². The number of halogens is 1. The van der Waals surface area contributed by atoms with Crippen molar-refractivity contribution in [1.29, 1.82) is 0 Å². The first kappa shape index (κ1) is 11.8. The number of rotatable bonds is 4. The molecule has 0 radical (unpaired) electrons. The van der Waals surface area contributed by atoms with Gasteiger partial charge >= 0.3 is 0 Å². The fourth-order valence-electron chi connectivity index (χ4n) is 2.23. The quantitative estimate of drug-likeness (QED) is 0.915. The average molecular weight is 284 g/mol. The zero-order valence-corrected chi connectivity index (χ0v) is 11.3. The van der Waals surface area contributed by atoms with Gasteiger partial charge in [-0.3, -0.25) is 0 Å². The molecule has 0 bridgehead atoms. The molecule has 3 nitrogen and oxygen atoms in total. The molecule has 16 heavy (non-hydrogen) atoms. The van der Waals surface area contributed by atoms with Crippen molar-refractivity contribution < 1.29 is 0 Å². The highest BCUT2D eigenvalue weighted by Crippen LogP contribution is 2.38. The first-order chi connectivity index (χ1) is 7.83. The average Bonchev–Trinajstić information content (AvgIpc) is 2.81. The van der Waals surface area contributed by atoms with Crippen LogP contribution in [0.2, 0.25) is 0 Å². The zero-order chi connectivity index (χ0) is 11.4. The van der Waals surface area contributed by atoms with E-state index in [4.69, 9.17) is 0 Å². The SMILES string of the molecule is CCCNc1ncnc(C2CCCC2)c1Br. The van der Waals surface area contributed by atoms with Gasteiger partial charge in [0.2, 0.25) is 0 Å². The minimum absolute atomic E-state index is 0.625. The number of hydrogen-bond donors (Lipinski definition) is 1. The molecule has 0 spiro atoms. The minimum atomic E-state index is 0.625. The summed E-state index contributed by atoms with van der Waals surface area (Å²) in [7, 11) is 0. The maximum Gasteiger partial charge on any atom is 0.144 e. The Labute approximate surface area is 105 Å². The molecular formula is C12H18BrN3. The molecule has 0 saturated heterocycles. The molecule has 1 saturated carbocycles. The molecule has 1 aliphatic carbocycles. The number of nitrogens with zero attached hydrogens (tertiary/aromatic N) is 2. The summed E-state index contributed by atoms with van der Waals surface area (Å²) in [5, 5.41) is 3.33. The lowest BCUT2D eigenvalue weighted by Gasteiger charge is -2.13. The molecule has 88 valence electrons. The van der Waals surface area contributed by atoms with Gasteiger partial charge in [-0.2, -0.15) is 0 Å². The Morgan fingerprint density at radius 3 is 2.81 bits per heavy atom. The van der Waals surface area contributed by atoms with E-state index >= 15 is 0 Å². The van der Waals surface area contributed by atoms with Gasteiger partial charge in [0.05, 0.1) is 10.2 Å². The molecule has 0 unspecified atom stereocenters. The molecule has 1 heterocycles. The van der Waals surface area contributed by atoms with Crippen LogP contribution in [-0.4, -0.2) is 16.5 Å². The summed E-state index contributed by atoms with van der Waals surface area (Å²) in [6.07, 6.45) is 7.98. The first-order valence-electron chi connectivity index (χ1n) is 6.07. The third kappa shape index (κ3) is 2.54. The highest BCUT2D eigenvalue weighted by atomic mass is 79.9. The molecule has 1 aromatic heterocycles. The van der Waals surface area contributed by atoms with Gasteiger partial charge in [-0.1, -0.05) is 19.8 Å². The summed E-state index contributed by atoms with van der Waals surface area (Å²) in [6.45, 7) is 3.11. The van der Waals surface area contributed by atoms with E-state index in [-0.39, 0.29) is 0 Å². The molecular weight excluding hydrogens is 266 g/mol. The van der Waals surface area contributed by atoms with Crippen LogP contribution in [0.4, 0.5) is 5.82 Å². The summed E-state index contributed by atoms with van der Waals surface area (Å²) in [5.74, 6) is 1.57. The molecule has 1 aliphatic rings. The van der Waals surface area contributed by atoms with E-state index in [0.29, 0.717) is 5.92 Å². The Balaban J connectivity index is 2.18. The van der Waals surface area contributed by atoms with Gasteiger partial charge in [0.25, 0.3) is 0 Å². The van der Waals surface area contributed by atoms with Crippen LogP contribution in [0, 0.1) is 0 Å². The van der Waals surface area contributed by atoms with E-state index in [9.17, 15) is 0 Å². The predicted octanol–water partition coefficient (Wildman–Crippen LogP) is 3.72. The second kappa shape index (κ2) is 5.62. The summed E-state index contributed by atoms with van der Waals surface area (Å²) >= 11 is 3.63. The molecule has 0 atom stereocenters. The molecule has 0 aliphatic heterocycles. The maximum atomic E-state index is 4.43. The largest absolute Gasteiger partial charge is 0.369 e. The van der Waals surface area contributed by atoms with Gasteiger partial charge < -0.3 is 5.32 Å². The Kier molecular flexibility index (Phi) is 4.16. The lowest BCUT2D eigenvalue weighted by molar-refractivity contribution is 0.689. The Morgan fingerprint density at radius 1 is 1.38 bits per heavy atom. The maximum absolute atomic E-state index is 4.43. The van der Waals surface area contributed by atoms with Crippen molar-refractivity contribution in [3.63, 3.8) is 0 Å². The fourth-order valence-corrected chi connectivity index (χ4v) is 2.90. The van der Waals surface area contributed by atoms with Gasteiger partial charge in [-0.05, 0) is 35.2 Å². The van der Waals surface area contributed by atoms with Gasteiger partial charge in [-0.15, -0.1) is 0 Å². The second-order valence-electron chi connectivity index (χ2n) is 4.33. The zero-order valence-electron chi connectivity index (χ0n) is 9.67. The van der Waals surface area contributed by atoms with Crippen LogP contribution in [0.1, 0.15) is 50.6 Å². The van der Waals surface area contributed by atoms with E-state index in [1.54, 1.807) is 6.33 Å². The molecule has 0 amide bonds. The number of anilines is 1. The minimum Gasteiger partial charge on any atom is -0.369 e. The van der Waals surface area contributed by atoms with E-state index in [1.807, 2.05) is 0 Å². The smallest absolute Gasteiger partial charge is 0.144 e. The summed E-state index contributed by atoms with van der Waals surface area (Å²) in [4.78, 5) is 8.71. The van der Waals surface area contributed by atoms with Gasteiger partial charge in [-0.25, -0.2) is 9.97 Å². The predicted molar refractivity (Wildman–Crippen MR) is 69.7 cm³/mol. The Bertz CT molecular complexity index is 348. The fraction of sp³-hybridized carbons (Fsp3) is 0.667. The van der Waals surface area contributed by atoms with E-state index in [1.165, 1.54) is 31.4 Å². The summed E-state index contributed by atoms with van der Waals surface area (Å²) in [6, 6.07) is 0. The van der Waals surface area contributed by atoms with Crippen LogP contribution in [-0.2, 0) is 0 Å². The Hall–Kier alpha value is -0.640. The molecule has 0 aromatic carbocycles. The summed E-state index contributed by atoms with van der Waals surface area (Å²) in [5.41, 5.74) is 1.19. The molecule has 1 N–H and O–H groups in total. The van der Waals surface area contributed by atoms with E-state index < -0.39 is 0 Å². The number of hydrogen-bond acceptors (Lipinski definition) is 3. The van der Waals surface area contributed by atoms with Crippen LogP contribution in [0.15, 0.2) is 10.8 Å². The molecule has 1 aromatic rings. The van der Waals surface area contributed by atoms with Crippen LogP contribution in [0.25, 0.3) is 0 Å². The molecule has 1 fully saturated rings. The normalized spacial score (nSPS) is 16.6. The second-order valence-corrected chi connectivity index (χ2v) is 5.12. The highest BCUT2D eigenvalue weighted by molar-refractivity contribution is 9.10. The lowest BCUT2D eigenvalue weighted by Crippen LogP contribution is -2.07. The third-order valence-corrected chi connectivity index (χ3v) is 3.88. The first-order valence-corrected chi connectivity index (χ1v) is 6.86. The molecule has 4 heteroatoms. The number of nitrogens with one attached hydrogen (secondary N) is 1. The summed E-state index contributed by atoms with van der Waals surface area (Å²) < 4.78 is 1.07. The van der Waals surface area contributed by atoms with Crippen molar-refractivity contribution in [3.8, 4) is 0 Å². The van der Waals surface area contributed by atoms with Gasteiger partial charge in [0, 0.05) is 12.5 Å². The number of aromatic nitrogens is 2. The van der Waals surface area contributed by atoms with Crippen molar-refractivity contribution in [2.75, 3.05) is 11.9 Å². The van der Waals surface area contributed by atoms with Crippen LogP contribution < -0.4 is 5.32 Å². The highest BCUT2D eigenvalue weighted by Gasteiger charge is 2.22. The van der Waals surface area contributed by atoms with E-state index in [0.717, 1.165) is 23.3 Å². The Morgan fingerprint density at radius 2 is 2.12 bits per heavy atom. The van der Waals surface area contributed by atoms with Crippen molar-refractivity contribution in [1.82, 2.24) is 9.97 Å². The van der Waals surface area contributed by atoms with Crippen molar-refractivity contribution in [3.05, 3.63) is 16.5 Å². The van der Waals surface area contributed by atoms with Crippen LogP contribution in [0.5, 0.6) is 0 Å². The topological polar surface area (TPSA) is 37.8 Å². The van der Waals surface area contributed by atoms with Crippen molar-refractivity contribution >= 4 is 21.7 Å². The standard InChI is InChI=1S/C12H18BrN3/c1-2-7-14-12-10(13)11(15-8-16-12)9-5-3-4-6-9/h8-9H,2-7H2,1H3,(H,14,15,16). The monoisotopic (exact) mass is 283 g/mol. The van der Waals surface area contributed by atoms with E-state index in [2.05, 4.69) is 38.1 Å². The van der Waals surface area contributed by atoms with Crippen molar-refractivity contribution in [2.24, 2.45) is 0 Å². The van der Waals surface area contributed by atoms with Crippen molar-refractivity contribution in [2.45, 2.75) is 44.9 Å².